The first-order chi connectivity index (χ1) is 11.0. The van der Waals surface area contributed by atoms with E-state index in [9.17, 15) is 4.79 Å². The second-order valence-corrected chi connectivity index (χ2v) is 7.92. The van der Waals surface area contributed by atoms with Crippen molar-refractivity contribution in [3.8, 4) is 0 Å². The quantitative estimate of drug-likeness (QED) is 0.788. The summed E-state index contributed by atoms with van der Waals surface area (Å²) in [4.78, 5) is 19.4. The van der Waals surface area contributed by atoms with Crippen LogP contribution in [-0.4, -0.2) is 34.1 Å². The molecular formula is C19H24N2OS. The highest BCUT2D eigenvalue weighted by atomic mass is 32.2. The van der Waals surface area contributed by atoms with Crippen molar-refractivity contribution < 1.29 is 4.79 Å². The Hall–Kier alpha value is -1.55. The van der Waals surface area contributed by atoms with Crippen molar-refractivity contribution in [2.24, 2.45) is 5.92 Å². The van der Waals surface area contributed by atoms with Crippen LogP contribution in [0.5, 0.6) is 0 Å². The Balaban J connectivity index is 1.72. The van der Waals surface area contributed by atoms with E-state index in [0.717, 1.165) is 42.4 Å². The van der Waals surface area contributed by atoms with Gasteiger partial charge in [-0.15, -0.1) is 0 Å². The van der Waals surface area contributed by atoms with Crippen molar-refractivity contribution in [3.63, 3.8) is 0 Å². The van der Waals surface area contributed by atoms with Crippen LogP contribution in [0.3, 0.4) is 0 Å². The third kappa shape index (κ3) is 3.69. The van der Waals surface area contributed by atoms with Gasteiger partial charge in [0, 0.05) is 18.5 Å². The van der Waals surface area contributed by atoms with E-state index in [4.69, 9.17) is 4.98 Å². The first kappa shape index (κ1) is 16.3. The molecule has 2 aromatic rings. The Bertz CT molecular complexity index is 708. The van der Waals surface area contributed by atoms with Gasteiger partial charge in [0.1, 0.15) is 0 Å². The first-order valence-corrected chi connectivity index (χ1v) is 9.24. The number of likely N-dealkylation sites (tertiary alicyclic amines) is 1. The van der Waals surface area contributed by atoms with Crippen LogP contribution < -0.4 is 0 Å². The molecule has 122 valence electrons. The predicted octanol–water partition coefficient (Wildman–Crippen LogP) is 4.28. The maximum absolute atomic E-state index is 12.6. The summed E-state index contributed by atoms with van der Waals surface area (Å²) in [6.45, 7) is 8.16. The number of fused-ring (bicyclic) bond motifs is 1. The maximum atomic E-state index is 12.6. The molecule has 0 bridgehead atoms. The Labute approximate surface area is 142 Å². The highest BCUT2D eigenvalue weighted by Crippen LogP contribution is 2.28. The van der Waals surface area contributed by atoms with E-state index in [1.807, 2.05) is 30.0 Å². The van der Waals surface area contributed by atoms with Gasteiger partial charge in [-0.3, -0.25) is 4.79 Å². The molecule has 1 unspecified atom stereocenters. The average Bonchev–Trinajstić information content (AvgIpc) is 2.55. The number of benzene rings is 1. The van der Waals surface area contributed by atoms with Crippen molar-refractivity contribution in [2.45, 2.75) is 43.9 Å². The van der Waals surface area contributed by atoms with E-state index in [1.54, 1.807) is 11.8 Å². The van der Waals surface area contributed by atoms with Crippen molar-refractivity contribution in [2.75, 3.05) is 13.1 Å². The van der Waals surface area contributed by atoms with E-state index in [0.29, 0.717) is 0 Å². The molecule has 1 amide bonds. The third-order valence-electron chi connectivity index (χ3n) is 4.64. The summed E-state index contributed by atoms with van der Waals surface area (Å²) in [6, 6.07) is 10.3. The molecular weight excluding hydrogens is 304 g/mol. The van der Waals surface area contributed by atoms with Gasteiger partial charge in [0.15, 0.2) is 0 Å². The number of hydrogen-bond donors (Lipinski definition) is 0. The highest BCUT2D eigenvalue weighted by molar-refractivity contribution is 8.00. The van der Waals surface area contributed by atoms with Gasteiger partial charge in [-0.05, 0) is 50.3 Å². The molecule has 0 aliphatic carbocycles. The fourth-order valence-corrected chi connectivity index (χ4v) is 4.10. The highest BCUT2D eigenvalue weighted by Gasteiger charge is 2.25. The number of piperidine rings is 1. The van der Waals surface area contributed by atoms with E-state index < -0.39 is 0 Å². The monoisotopic (exact) mass is 328 g/mol. The minimum absolute atomic E-state index is 0.0866. The SMILES string of the molecule is Cc1cc(SC(C)C(=O)N2CCC(C)CC2)nc2ccccc12. The van der Waals surface area contributed by atoms with Gasteiger partial charge in [-0.2, -0.15) is 0 Å². The van der Waals surface area contributed by atoms with Crippen molar-refractivity contribution in [1.82, 2.24) is 9.88 Å². The predicted molar refractivity (Wildman–Crippen MR) is 96.8 cm³/mol. The Morgan fingerprint density at radius 2 is 2.00 bits per heavy atom. The van der Waals surface area contributed by atoms with Crippen LogP contribution in [0.4, 0.5) is 0 Å². The number of thioether (sulfide) groups is 1. The fourth-order valence-electron chi connectivity index (χ4n) is 3.10. The van der Waals surface area contributed by atoms with Crippen molar-refractivity contribution in [3.05, 3.63) is 35.9 Å². The second kappa shape index (κ2) is 6.91. The number of aromatic nitrogens is 1. The third-order valence-corrected chi connectivity index (χ3v) is 5.65. The van der Waals surface area contributed by atoms with E-state index in [1.165, 1.54) is 10.9 Å². The van der Waals surface area contributed by atoms with Crippen LogP contribution >= 0.6 is 11.8 Å². The van der Waals surface area contributed by atoms with Gasteiger partial charge in [0.05, 0.1) is 15.8 Å². The second-order valence-electron chi connectivity index (χ2n) is 6.56. The number of pyridine rings is 1. The van der Waals surface area contributed by atoms with Gasteiger partial charge in [0.2, 0.25) is 5.91 Å². The van der Waals surface area contributed by atoms with Crippen LogP contribution in [0.15, 0.2) is 35.4 Å². The number of carbonyl (C=O) groups is 1. The molecule has 3 nitrogen and oxygen atoms in total. The summed E-state index contributed by atoms with van der Waals surface area (Å²) in [5.74, 6) is 0.987. The lowest BCUT2D eigenvalue weighted by molar-refractivity contribution is -0.131. The molecule has 23 heavy (non-hydrogen) atoms. The van der Waals surface area contributed by atoms with Gasteiger partial charge >= 0.3 is 0 Å². The molecule has 1 atom stereocenters. The summed E-state index contributed by atoms with van der Waals surface area (Å²) < 4.78 is 0. The molecule has 1 fully saturated rings. The number of aryl methyl sites for hydroxylation is 1. The summed E-state index contributed by atoms with van der Waals surface area (Å²) in [5.41, 5.74) is 2.21. The van der Waals surface area contributed by atoms with E-state index >= 15 is 0 Å². The normalized spacial score (nSPS) is 17.4. The first-order valence-electron chi connectivity index (χ1n) is 8.36. The Kier molecular flexibility index (Phi) is 4.90. The molecule has 1 saturated heterocycles. The maximum Gasteiger partial charge on any atom is 0.235 e. The summed E-state index contributed by atoms with van der Waals surface area (Å²) >= 11 is 1.57. The van der Waals surface area contributed by atoms with Crippen LogP contribution in [0.2, 0.25) is 0 Å². The molecule has 0 spiro atoms. The Morgan fingerprint density at radius 1 is 1.30 bits per heavy atom. The van der Waals surface area contributed by atoms with Gasteiger partial charge < -0.3 is 4.90 Å². The smallest absolute Gasteiger partial charge is 0.235 e. The lowest BCUT2D eigenvalue weighted by Crippen LogP contribution is -2.41. The van der Waals surface area contributed by atoms with Crippen LogP contribution in [0.25, 0.3) is 10.9 Å². The number of carbonyl (C=O) groups excluding carboxylic acids is 1. The average molecular weight is 328 g/mol. The standard InChI is InChI=1S/C19H24N2OS/c1-13-8-10-21(11-9-13)19(22)15(3)23-18-12-14(2)16-6-4-5-7-17(16)20-18/h4-7,12-13,15H,8-11H2,1-3H3. The molecule has 4 heteroatoms. The molecule has 2 heterocycles. The van der Waals surface area contributed by atoms with Crippen LogP contribution in [0.1, 0.15) is 32.3 Å². The van der Waals surface area contributed by atoms with Crippen LogP contribution in [0, 0.1) is 12.8 Å². The Morgan fingerprint density at radius 3 is 2.74 bits per heavy atom. The van der Waals surface area contributed by atoms with Crippen molar-refractivity contribution >= 4 is 28.6 Å². The van der Waals surface area contributed by atoms with E-state index in [2.05, 4.69) is 26.0 Å². The number of nitrogens with zero attached hydrogens (tertiary/aromatic N) is 2. The minimum atomic E-state index is -0.0866. The van der Waals surface area contributed by atoms with Gasteiger partial charge in [0.25, 0.3) is 0 Å². The summed E-state index contributed by atoms with van der Waals surface area (Å²) in [7, 11) is 0. The zero-order valence-corrected chi connectivity index (χ0v) is 14.9. The molecule has 0 radical (unpaired) electrons. The molecule has 1 aromatic heterocycles. The number of para-hydroxylation sites is 1. The molecule has 3 rings (SSSR count). The van der Waals surface area contributed by atoms with Crippen molar-refractivity contribution in [1.29, 1.82) is 0 Å². The zero-order chi connectivity index (χ0) is 16.4. The molecule has 1 aliphatic rings. The molecule has 0 N–H and O–H groups in total. The molecule has 0 saturated carbocycles. The van der Waals surface area contributed by atoms with E-state index in [-0.39, 0.29) is 11.2 Å². The summed E-state index contributed by atoms with van der Waals surface area (Å²) in [5, 5.41) is 2.03. The number of rotatable bonds is 3. The largest absolute Gasteiger partial charge is 0.342 e. The lowest BCUT2D eigenvalue weighted by Gasteiger charge is -2.32. The molecule has 1 aliphatic heterocycles. The fraction of sp³-hybridized carbons (Fsp3) is 0.474. The van der Waals surface area contributed by atoms with Crippen LogP contribution in [-0.2, 0) is 4.79 Å². The van der Waals surface area contributed by atoms with Gasteiger partial charge in [-0.1, -0.05) is 36.9 Å². The zero-order valence-electron chi connectivity index (χ0n) is 14.1. The topological polar surface area (TPSA) is 33.2 Å². The lowest BCUT2D eigenvalue weighted by atomic mass is 9.99. The van der Waals surface area contributed by atoms with Gasteiger partial charge in [-0.25, -0.2) is 4.98 Å². The molecule has 1 aromatic carbocycles. The summed E-state index contributed by atoms with van der Waals surface area (Å²) in [6.07, 6.45) is 2.24. The number of hydrogen-bond acceptors (Lipinski definition) is 3. The number of amides is 1. The minimum Gasteiger partial charge on any atom is -0.342 e.